The van der Waals surface area contributed by atoms with Gasteiger partial charge in [-0.2, -0.15) is 13.2 Å². The zero-order valence-corrected chi connectivity index (χ0v) is 15.9. The number of nitrogens with one attached hydrogen (secondary N) is 2. The van der Waals surface area contributed by atoms with Crippen molar-refractivity contribution in [3.63, 3.8) is 0 Å². The van der Waals surface area contributed by atoms with E-state index in [-0.39, 0.29) is 22.9 Å². The minimum Gasteiger partial charge on any atom is -0.494 e. The predicted octanol–water partition coefficient (Wildman–Crippen LogP) is 4.67. The van der Waals surface area contributed by atoms with Crippen molar-refractivity contribution < 1.29 is 36.6 Å². The van der Waals surface area contributed by atoms with E-state index in [9.17, 15) is 22.4 Å². The lowest BCUT2D eigenvalue weighted by molar-refractivity contribution is -0.153. The largest absolute Gasteiger partial charge is 0.494 e. The van der Waals surface area contributed by atoms with Gasteiger partial charge in [-0.1, -0.05) is 6.07 Å². The van der Waals surface area contributed by atoms with Crippen molar-refractivity contribution in [2.24, 2.45) is 0 Å². The van der Waals surface area contributed by atoms with Crippen LogP contribution >= 0.6 is 0 Å². The Balaban J connectivity index is 2.05. The van der Waals surface area contributed by atoms with Gasteiger partial charge in [-0.15, -0.1) is 0 Å². The highest BCUT2D eigenvalue weighted by atomic mass is 19.4. The number of hydrogen-bond acceptors (Lipinski definition) is 4. The molecular formula is C19H20F4N2O4. The Morgan fingerprint density at radius 1 is 1.03 bits per heavy atom. The van der Waals surface area contributed by atoms with Gasteiger partial charge in [0.2, 0.25) is 0 Å². The molecule has 1 unspecified atom stereocenters. The fraction of sp³-hybridized carbons (Fsp3) is 0.316. The average molecular weight is 416 g/mol. The first-order chi connectivity index (χ1) is 13.6. The number of anilines is 1. The molecule has 6 nitrogen and oxygen atoms in total. The van der Waals surface area contributed by atoms with E-state index in [1.54, 1.807) is 13.0 Å². The van der Waals surface area contributed by atoms with Crippen molar-refractivity contribution >= 4 is 11.7 Å². The molecule has 0 aliphatic heterocycles. The summed E-state index contributed by atoms with van der Waals surface area (Å²) in [5.41, 5.74) is 0.691. The van der Waals surface area contributed by atoms with E-state index in [0.29, 0.717) is 5.56 Å². The van der Waals surface area contributed by atoms with Crippen LogP contribution in [0.25, 0.3) is 0 Å². The molecule has 0 spiro atoms. The second-order valence-electron chi connectivity index (χ2n) is 5.98. The number of halogens is 4. The molecule has 2 aromatic carbocycles. The minimum absolute atomic E-state index is 0.0787. The van der Waals surface area contributed by atoms with Crippen LogP contribution in [0.15, 0.2) is 36.4 Å². The maximum atomic E-state index is 13.8. The lowest BCUT2D eigenvalue weighted by Gasteiger charge is -2.17. The van der Waals surface area contributed by atoms with E-state index >= 15 is 0 Å². The van der Waals surface area contributed by atoms with Crippen molar-refractivity contribution in [1.29, 1.82) is 0 Å². The quantitative estimate of drug-likeness (QED) is 0.644. The molecule has 0 heterocycles. The van der Waals surface area contributed by atoms with Crippen LogP contribution in [0, 0.1) is 5.82 Å². The van der Waals surface area contributed by atoms with Gasteiger partial charge in [0.1, 0.15) is 0 Å². The van der Waals surface area contributed by atoms with Gasteiger partial charge in [-0.25, -0.2) is 9.18 Å². The van der Waals surface area contributed by atoms with Gasteiger partial charge in [-0.3, -0.25) is 0 Å². The summed E-state index contributed by atoms with van der Waals surface area (Å²) < 4.78 is 65.5. The Labute approximate surface area is 164 Å². The van der Waals surface area contributed by atoms with E-state index in [1.165, 1.54) is 44.6 Å². The topological polar surface area (TPSA) is 68.8 Å². The van der Waals surface area contributed by atoms with Crippen LogP contribution in [0.5, 0.6) is 17.2 Å². The summed E-state index contributed by atoms with van der Waals surface area (Å²) in [5, 5.41) is 5.09. The fourth-order valence-corrected chi connectivity index (χ4v) is 2.43. The maximum absolute atomic E-state index is 13.8. The fourth-order valence-electron chi connectivity index (χ4n) is 2.43. The number of ether oxygens (including phenoxy) is 3. The number of benzene rings is 2. The monoisotopic (exact) mass is 416 g/mol. The number of rotatable bonds is 7. The molecule has 0 fully saturated rings. The smallest absolute Gasteiger partial charge is 0.422 e. The van der Waals surface area contributed by atoms with E-state index in [0.717, 1.165) is 0 Å². The Hall–Kier alpha value is -3.17. The first kappa shape index (κ1) is 22.1. The van der Waals surface area contributed by atoms with Gasteiger partial charge in [0.25, 0.3) is 0 Å². The minimum atomic E-state index is -4.52. The highest BCUT2D eigenvalue weighted by Gasteiger charge is 2.29. The zero-order chi connectivity index (χ0) is 21.6. The van der Waals surface area contributed by atoms with Gasteiger partial charge >= 0.3 is 12.2 Å². The number of alkyl halides is 3. The highest BCUT2D eigenvalue weighted by Crippen LogP contribution is 2.31. The molecule has 0 aromatic heterocycles. The van der Waals surface area contributed by atoms with Gasteiger partial charge in [-0.05, 0) is 36.8 Å². The molecule has 0 aliphatic carbocycles. The first-order valence-electron chi connectivity index (χ1n) is 8.41. The van der Waals surface area contributed by atoms with Crippen molar-refractivity contribution in [3.05, 3.63) is 47.8 Å². The molecule has 158 valence electrons. The van der Waals surface area contributed by atoms with Gasteiger partial charge in [0, 0.05) is 11.8 Å². The molecule has 10 heteroatoms. The molecule has 0 saturated carbocycles. The SMILES string of the molecule is COc1ccc(C(C)NC(=O)Nc2ccc(OC)c(OCC(F)(F)F)c2)cc1F. The van der Waals surface area contributed by atoms with Crippen LogP contribution in [-0.4, -0.2) is 33.0 Å². The van der Waals surface area contributed by atoms with Gasteiger partial charge < -0.3 is 24.8 Å². The van der Waals surface area contributed by atoms with Crippen molar-refractivity contribution in [1.82, 2.24) is 5.32 Å². The third kappa shape index (κ3) is 6.44. The third-order valence-electron chi connectivity index (χ3n) is 3.84. The molecule has 2 amide bonds. The molecule has 1 atom stereocenters. The number of carbonyl (C=O) groups is 1. The standard InChI is InChI=1S/C19H20F4N2O4/c1-11(12-4-6-15(27-2)14(20)8-12)24-18(26)25-13-5-7-16(28-3)17(9-13)29-10-19(21,22)23/h4-9,11H,10H2,1-3H3,(H2,24,25,26). The molecule has 2 rings (SSSR count). The van der Waals surface area contributed by atoms with Crippen LogP contribution in [0.3, 0.4) is 0 Å². The van der Waals surface area contributed by atoms with Crippen molar-refractivity contribution in [2.75, 3.05) is 26.1 Å². The normalized spacial score (nSPS) is 12.1. The van der Waals surface area contributed by atoms with Crippen LogP contribution in [-0.2, 0) is 0 Å². The van der Waals surface area contributed by atoms with Crippen molar-refractivity contribution in [2.45, 2.75) is 19.1 Å². The summed E-state index contributed by atoms with van der Waals surface area (Å²) in [6.45, 7) is 0.145. The molecule has 0 radical (unpaired) electrons. The predicted molar refractivity (Wildman–Crippen MR) is 98.1 cm³/mol. The van der Waals surface area contributed by atoms with Gasteiger partial charge in [0.05, 0.1) is 20.3 Å². The Bertz CT molecular complexity index is 859. The summed E-state index contributed by atoms with van der Waals surface area (Å²) in [6, 6.07) is 7.11. The van der Waals surface area contributed by atoms with E-state index in [4.69, 9.17) is 14.2 Å². The summed E-state index contributed by atoms with van der Waals surface area (Å²) in [4.78, 5) is 12.2. The Morgan fingerprint density at radius 2 is 1.69 bits per heavy atom. The molecule has 0 aliphatic rings. The number of methoxy groups -OCH3 is 2. The van der Waals surface area contributed by atoms with Crippen molar-refractivity contribution in [3.8, 4) is 17.2 Å². The molecule has 2 aromatic rings. The molecule has 29 heavy (non-hydrogen) atoms. The summed E-state index contributed by atoms with van der Waals surface area (Å²) in [7, 11) is 2.63. The van der Waals surface area contributed by atoms with Crippen LogP contribution in [0.1, 0.15) is 18.5 Å². The first-order valence-corrected chi connectivity index (χ1v) is 8.41. The van der Waals surface area contributed by atoms with Crippen LogP contribution in [0.2, 0.25) is 0 Å². The number of carbonyl (C=O) groups excluding carboxylic acids is 1. The number of hydrogen-bond donors (Lipinski definition) is 2. The summed E-state index contributed by atoms with van der Waals surface area (Å²) in [6.07, 6.45) is -4.52. The second kappa shape index (κ2) is 9.35. The van der Waals surface area contributed by atoms with Crippen LogP contribution < -0.4 is 24.8 Å². The Kier molecular flexibility index (Phi) is 7.13. The summed E-state index contributed by atoms with van der Waals surface area (Å²) >= 11 is 0. The maximum Gasteiger partial charge on any atom is 0.422 e. The molecule has 0 saturated heterocycles. The van der Waals surface area contributed by atoms with Crippen LogP contribution in [0.4, 0.5) is 28.0 Å². The zero-order valence-electron chi connectivity index (χ0n) is 15.9. The third-order valence-corrected chi connectivity index (χ3v) is 3.84. The van der Waals surface area contributed by atoms with E-state index in [2.05, 4.69) is 10.6 Å². The lowest BCUT2D eigenvalue weighted by atomic mass is 10.1. The van der Waals surface area contributed by atoms with E-state index in [1.807, 2.05) is 0 Å². The second-order valence-corrected chi connectivity index (χ2v) is 5.98. The summed E-state index contributed by atoms with van der Waals surface area (Å²) in [5.74, 6) is -0.578. The highest BCUT2D eigenvalue weighted by molar-refractivity contribution is 5.89. The Morgan fingerprint density at radius 3 is 2.28 bits per heavy atom. The molecule has 2 N–H and O–H groups in total. The molecule has 0 bridgehead atoms. The lowest BCUT2D eigenvalue weighted by Crippen LogP contribution is -2.31. The number of urea groups is 1. The average Bonchev–Trinajstić information content (AvgIpc) is 2.65. The molecular weight excluding hydrogens is 396 g/mol. The number of amides is 2. The van der Waals surface area contributed by atoms with E-state index < -0.39 is 30.7 Å². The van der Waals surface area contributed by atoms with Gasteiger partial charge in [0.15, 0.2) is 29.7 Å².